The van der Waals surface area contributed by atoms with Crippen LogP contribution < -0.4 is 5.32 Å². The van der Waals surface area contributed by atoms with Crippen LogP contribution in [0.4, 0.5) is 0 Å². The van der Waals surface area contributed by atoms with Crippen molar-refractivity contribution >= 4 is 17.6 Å². The molecule has 4 nitrogen and oxygen atoms in total. The molecular weight excluding hydrogens is 302 g/mol. The fourth-order valence-electron chi connectivity index (χ4n) is 2.81. The molecule has 122 valence electrons. The first-order valence-corrected chi connectivity index (χ1v) is 7.97. The second-order valence-electron chi connectivity index (χ2n) is 6.40. The molecule has 0 aromatic heterocycles. The summed E-state index contributed by atoms with van der Waals surface area (Å²) in [6.07, 6.45) is 0.930. The van der Waals surface area contributed by atoms with E-state index in [0.717, 1.165) is 29.1 Å². The number of carbonyl (C=O) groups is 1. The summed E-state index contributed by atoms with van der Waals surface area (Å²) in [6.45, 7) is 8.36. The van der Waals surface area contributed by atoms with Crippen LogP contribution in [0.15, 0.2) is 18.2 Å². The Bertz CT molecular complexity index is 545. The highest BCUT2D eigenvalue weighted by Gasteiger charge is 2.33. The number of hydrogen-bond acceptors (Lipinski definition) is 4. The molecule has 0 unspecified atom stereocenters. The number of ether oxygens (including phenoxy) is 2. The van der Waals surface area contributed by atoms with Crippen LogP contribution in [-0.4, -0.2) is 30.8 Å². The summed E-state index contributed by atoms with van der Waals surface area (Å²) in [5.74, 6) is -0.295. The minimum atomic E-state index is -0.630. The minimum absolute atomic E-state index is 0.0223. The predicted molar refractivity (Wildman–Crippen MR) is 87.1 cm³/mol. The molecular formula is C17H24ClNO3. The van der Waals surface area contributed by atoms with E-state index >= 15 is 0 Å². The van der Waals surface area contributed by atoms with Crippen molar-refractivity contribution in [3.05, 3.63) is 34.3 Å². The molecule has 0 spiro atoms. The average Bonchev–Trinajstić information content (AvgIpc) is 2.86. The molecule has 5 heteroatoms. The minimum Gasteiger partial charge on any atom is -0.457 e. The van der Waals surface area contributed by atoms with Crippen LogP contribution in [0.5, 0.6) is 0 Å². The fourth-order valence-corrected chi connectivity index (χ4v) is 3.05. The van der Waals surface area contributed by atoms with Crippen molar-refractivity contribution in [2.24, 2.45) is 0 Å². The smallest absolute Gasteiger partial charge is 0.303 e. The van der Waals surface area contributed by atoms with Gasteiger partial charge in [0.1, 0.15) is 5.60 Å². The number of halogens is 1. The Morgan fingerprint density at radius 3 is 2.86 bits per heavy atom. The van der Waals surface area contributed by atoms with Gasteiger partial charge in [-0.2, -0.15) is 0 Å². The summed E-state index contributed by atoms with van der Waals surface area (Å²) < 4.78 is 11.3. The third-order valence-electron chi connectivity index (χ3n) is 3.79. The normalized spacial score (nSPS) is 21.9. The van der Waals surface area contributed by atoms with Crippen LogP contribution in [-0.2, 0) is 14.3 Å². The Labute approximate surface area is 137 Å². The SMILES string of the molecule is CC(=O)OC(C)(C)CO[C@@H]1CCN[C@@H]1c1cccc(C)c1Cl. The quantitative estimate of drug-likeness (QED) is 0.843. The first kappa shape index (κ1) is 17.3. The summed E-state index contributed by atoms with van der Waals surface area (Å²) in [4.78, 5) is 11.1. The maximum atomic E-state index is 11.1. The van der Waals surface area contributed by atoms with E-state index < -0.39 is 5.60 Å². The van der Waals surface area contributed by atoms with Gasteiger partial charge >= 0.3 is 5.97 Å². The molecule has 1 aromatic rings. The van der Waals surface area contributed by atoms with Crippen molar-refractivity contribution < 1.29 is 14.3 Å². The molecule has 1 aromatic carbocycles. The van der Waals surface area contributed by atoms with E-state index in [1.807, 2.05) is 39.0 Å². The van der Waals surface area contributed by atoms with E-state index in [0.29, 0.717) is 6.61 Å². The largest absolute Gasteiger partial charge is 0.457 e. The third-order valence-corrected chi connectivity index (χ3v) is 4.30. The van der Waals surface area contributed by atoms with Gasteiger partial charge in [-0.1, -0.05) is 29.8 Å². The number of benzene rings is 1. The van der Waals surface area contributed by atoms with Gasteiger partial charge in [0.2, 0.25) is 0 Å². The van der Waals surface area contributed by atoms with Crippen molar-refractivity contribution in [3.8, 4) is 0 Å². The fraction of sp³-hybridized carbons (Fsp3) is 0.588. The molecule has 1 heterocycles. The Morgan fingerprint density at radius 2 is 2.18 bits per heavy atom. The van der Waals surface area contributed by atoms with Crippen molar-refractivity contribution in [2.45, 2.75) is 51.9 Å². The molecule has 0 aliphatic carbocycles. The summed E-state index contributed by atoms with van der Waals surface area (Å²) in [7, 11) is 0. The zero-order chi connectivity index (χ0) is 16.3. The molecule has 1 fully saturated rings. The molecule has 1 saturated heterocycles. The maximum Gasteiger partial charge on any atom is 0.303 e. The van der Waals surface area contributed by atoms with Crippen LogP contribution in [0.3, 0.4) is 0 Å². The van der Waals surface area contributed by atoms with Crippen LogP contribution in [0, 0.1) is 6.92 Å². The molecule has 0 amide bonds. The van der Waals surface area contributed by atoms with Gasteiger partial charge in [-0.25, -0.2) is 0 Å². The van der Waals surface area contributed by atoms with Gasteiger partial charge < -0.3 is 14.8 Å². The second kappa shape index (κ2) is 6.99. The van der Waals surface area contributed by atoms with E-state index in [4.69, 9.17) is 21.1 Å². The number of carbonyl (C=O) groups excluding carboxylic acids is 1. The van der Waals surface area contributed by atoms with E-state index in [1.165, 1.54) is 6.92 Å². The highest BCUT2D eigenvalue weighted by molar-refractivity contribution is 6.32. The predicted octanol–water partition coefficient (Wildman–Crippen LogP) is 3.41. The number of rotatable bonds is 5. The van der Waals surface area contributed by atoms with E-state index in [9.17, 15) is 4.79 Å². The molecule has 2 rings (SSSR count). The van der Waals surface area contributed by atoms with Gasteiger partial charge in [0.05, 0.1) is 18.8 Å². The first-order valence-electron chi connectivity index (χ1n) is 7.60. The van der Waals surface area contributed by atoms with Crippen LogP contribution in [0.1, 0.15) is 44.4 Å². The number of aryl methyl sites for hydroxylation is 1. The standard InChI is InChI=1S/C17H24ClNO3/c1-11-6-5-7-13(15(11)18)16-14(8-9-19-16)21-10-17(3,4)22-12(2)20/h5-7,14,16,19H,8-10H2,1-4H3/t14-,16-/m1/s1. The molecule has 22 heavy (non-hydrogen) atoms. The Balaban J connectivity index is 2.05. The summed E-state index contributed by atoms with van der Waals surface area (Å²) in [5.41, 5.74) is 1.50. The highest BCUT2D eigenvalue weighted by Crippen LogP contribution is 2.33. The van der Waals surface area contributed by atoms with E-state index in [1.54, 1.807) is 0 Å². The zero-order valence-electron chi connectivity index (χ0n) is 13.6. The molecule has 0 bridgehead atoms. The van der Waals surface area contributed by atoms with Crippen molar-refractivity contribution in [2.75, 3.05) is 13.2 Å². The zero-order valence-corrected chi connectivity index (χ0v) is 14.4. The molecule has 1 aliphatic rings. The topological polar surface area (TPSA) is 47.6 Å². The second-order valence-corrected chi connectivity index (χ2v) is 6.78. The molecule has 1 aliphatic heterocycles. The van der Waals surface area contributed by atoms with Gasteiger partial charge in [-0.15, -0.1) is 0 Å². The van der Waals surface area contributed by atoms with E-state index in [2.05, 4.69) is 5.32 Å². The molecule has 0 saturated carbocycles. The summed E-state index contributed by atoms with van der Waals surface area (Å²) in [5, 5.41) is 4.24. The van der Waals surface area contributed by atoms with Gasteiger partial charge in [-0.05, 0) is 44.9 Å². The summed E-state index contributed by atoms with van der Waals surface area (Å²) >= 11 is 6.43. The van der Waals surface area contributed by atoms with Crippen molar-refractivity contribution in [3.63, 3.8) is 0 Å². The lowest BCUT2D eigenvalue weighted by Crippen LogP contribution is -2.36. The Hall–Kier alpha value is -1.10. The van der Waals surface area contributed by atoms with Gasteiger partial charge in [0, 0.05) is 11.9 Å². The van der Waals surface area contributed by atoms with Gasteiger partial charge in [0.15, 0.2) is 0 Å². The molecule has 0 radical (unpaired) electrons. The average molecular weight is 326 g/mol. The monoisotopic (exact) mass is 325 g/mol. The number of hydrogen-bond donors (Lipinski definition) is 1. The van der Waals surface area contributed by atoms with Crippen molar-refractivity contribution in [1.82, 2.24) is 5.32 Å². The highest BCUT2D eigenvalue weighted by atomic mass is 35.5. The lowest BCUT2D eigenvalue weighted by atomic mass is 10.0. The Kier molecular flexibility index (Phi) is 5.48. The van der Waals surface area contributed by atoms with Crippen LogP contribution >= 0.6 is 11.6 Å². The number of nitrogens with one attached hydrogen (secondary N) is 1. The molecule has 1 N–H and O–H groups in total. The van der Waals surface area contributed by atoms with Gasteiger partial charge in [-0.3, -0.25) is 4.79 Å². The van der Waals surface area contributed by atoms with Crippen molar-refractivity contribution in [1.29, 1.82) is 0 Å². The van der Waals surface area contributed by atoms with Crippen LogP contribution in [0.2, 0.25) is 5.02 Å². The Morgan fingerprint density at radius 1 is 1.45 bits per heavy atom. The number of esters is 1. The third kappa shape index (κ3) is 4.22. The lowest BCUT2D eigenvalue weighted by Gasteiger charge is -2.28. The lowest BCUT2D eigenvalue weighted by molar-refractivity contribution is -0.161. The summed E-state index contributed by atoms with van der Waals surface area (Å²) in [6, 6.07) is 6.11. The first-order chi connectivity index (χ1) is 10.3. The van der Waals surface area contributed by atoms with Crippen LogP contribution in [0.25, 0.3) is 0 Å². The molecule has 2 atom stereocenters. The van der Waals surface area contributed by atoms with E-state index in [-0.39, 0.29) is 18.1 Å². The van der Waals surface area contributed by atoms with Gasteiger partial charge in [0.25, 0.3) is 0 Å². The maximum absolute atomic E-state index is 11.1.